The van der Waals surface area contributed by atoms with Crippen molar-refractivity contribution in [2.45, 2.75) is 26.3 Å². The molecule has 0 saturated heterocycles. The maximum absolute atomic E-state index is 11.7. The smallest absolute Gasteiger partial charge is 0.341 e. The van der Waals surface area contributed by atoms with E-state index in [0.717, 1.165) is 37.5 Å². The molecule has 0 saturated carbocycles. The first kappa shape index (κ1) is 24.2. The van der Waals surface area contributed by atoms with Gasteiger partial charge < -0.3 is 19.7 Å². The van der Waals surface area contributed by atoms with E-state index in [1.807, 2.05) is 32.2 Å². The van der Waals surface area contributed by atoms with Crippen LogP contribution >= 0.6 is 24.0 Å². The molecule has 0 bridgehead atoms. The quantitative estimate of drug-likeness (QED) is 0.148. The molecule has 26 heavy (non-hydrogen) atoms. The molecule has 6 nitrogen and oxygen atoms in total. The molecule has 1 N–H and O–H groups in total. The minimum atomic E-state index is -0.415. The Balaban J connectivity index is 0.00000625. The zero-order valence-electron chi connectivity index (χ0n) is 16.1. The number of benzene rings is 1. The number of nitrogens with zero attached hydrogens (tertiary/aromatic N) is 2. The first-order valence-electron chi connectivity index (χ1n) is 8.42. The van der Waals surface area contributed by atoms with Crippen molar-refractivity contribution in [2.75, 3.05) is 34.4 Å². The molecule has 0 fully saturated rings. The second kappa shape index (κ2) is 13.4. The topological polar surface area (TPSA) is 63.2 Å². The summed E-state index contributed by atoms with van der Waals surface area (Å²) in [6.45, 7) is 7.99. The van der Waals surface area contributed by atoms with E-state index in [0.29, 0.717) is 17.9 Å². The molecule has 0 unspecified atom stereocenters. The summed E-state index contributed by atoms with van der Waals surface area (Å²) in [4.78, 5) is 18.5. The number of ether oxygens (including phenoxy) is 2. The molecular formula is C19H30IN3O3. The van der Waals surface area contributed by atoms with E-state index in [1.54, 1.807) is 6.07 Å². The van der Waals surface area contributed by atoms with Gasteiger partial charge in [-0.1, -0.05) is 12.1 Å². The number of hydrogen-bond donors (Lipinski definition) is 1. The van der Waals surface area contributed by atoms with Crippen molar-refractivity contribution in [3.63, 3.8) is 0 Å². The molecule has 146 valence electrons. The van der Waals surface area contributed by atoms with Crippen molar-refractivity contribution in [2.24, 2.45) is 4.99 Å². The monoisotopic (exact) mass is 475 g/mol. The van der Waals surface area contributed by atoms with Gasteiger partial charge in [0.05, 0.1) is 20.8 Å². The Morgan fingerprint density at radius 3 is 2.69 bits per heavy atom. The molecule has 0 aliphatic carbocycles. The van der Waals surface area contributed by atoms with Crippen LogP contribution in [0.15, 0.2) is 35.8 Å². The van der Waals surface area contributed by atoms with Crippen molar-refractivity contribution >= 4 is 35.9 Å². The average Bonchev–Trinajstić information content (AvgIpc) is 2.64. The van der Waals surface area contributed by atoms with Crippen LogP contribution in [0.25, 0.3) is 0 Å². The lowest BCUT2D eigenvalue weighted by molar-refractivity contribution is 0.0597. The third-order valence-corrected chi connectivity index (χ3v) is 3.68. The first-order valence-corrected chi connectivity index (χ1v) is 8.42. The van der Waals surface area contributed by atoms with Gasteiger partial charge in [0, 0.05) is 20.1 Å². The molecule has 0 radical (unpaired) electrons. The van der Waals surface area contributed by atoms with Gasteiger partial charge >= 0.3 is 5.97 Å². The molecule has 0 aromatic heterocycles. The third-order valence-electron chi connectivity index (χ3n) is 3.68. The second-order valence-electron chi connectivity index (χ2n) is 5.55. The normalized spacial score (nSPS) is 10.5. The van der Waals surface area contributed by atoms with Crippen molar-refractivity contribution in [3.05, 3.63) is 42.0 Å². The molecule has 0 aliphatic heterocycles. The maximum atomic E-state index is 11.7. The lowest BCUT2D eigenvalue weighted by atomic mass is 10.1. The van der Waals surface area contributed by atoms with Crippen LogP contribution in [0, 0.1) is 0 Å². The summed E-state index contributed by atoms with van der Waals surface area (Å²) in [7, 11) is 4.91. The van der Waals surface area contributed by atoms with Gasteiger partial charge in [-0.05, 0) is 37.5 Å². The van der Waals surface area contributed by atoms with Gasteiger partial charge in [0.15, 0.2) is 5.96 Å². The molecule has 1 rings (SSSR count). The molecule has 0 aliphatic rings. The fourth-order valence-corrected chi connectivity index (χ4v) is 2.33. The van der Waals surface area contributed by atoms with Gasteiger partial charge in [0.25, 0.3) is 0 Å². The van der Waals surface area contributed by atoms with E-state index in [1.165, 1.54) is 14.2 Å². The Morgan fingerprint density at radius 1 is 1.38 bits per heavy atom. The second-order valence-corrected chi connectivity index (χ2v) is 5.55. The van der Waals surface area contributed by atoms with Gasteiger partial charge in [-0.15, -0.1) is 30.6 Å². The number of rotatable bonds is 9. The molecule has 0 heterocycles. The molecule has 0 spiro atoms. The van der Waals surface area contributed by atoms with Crippen molar-refractivity contribution in [1.29, 1.82) is 0 Å². The lowest BCUT2D eigenvalue weighted by Gasteiger charge is -2.21. The molecule has 0 amide bonds. The number of aliphatic imine (C=N–C) groups is 1. The Labute approximate surface area is 173 Å². The van der Waals surface area contributed by atoms with Gasteiger partial charge in [-0.2, -0.15) is 0 Å². The van der Waals surface area contributed by atoms with Crippen LogP contribution in [0.4, 0.5) is 0 Å². The number of nitrogens with one attached hydrogen (secondary N) is 1. The fourth-order valence-electron chi connectivity index (χ4n) is 2.33. The predicted octanol–water partition coefficient (Wildman–Crippen LogP) is 3.46. The third kappa shape index (κ3) is 7.63. The Kier molecular flexibility index (Phi) is 12.5. The summed E-state index contributed by atoms with van der Waals surface area (Å²) in [5.41, 5.74) is 1.37. The van der Waals surface area contributed by atoms with E-state index in [-0.39, 0.29) is 24.0 Å². The van der Waals surface area contributed by atoms with E-state index >= 15 is 0 Å². The van der Waals surface area contributed by atoms with Crippen LogP contribution in [-0.2, 0) is 11.3 Å². The maximum Gasteiger partial charge on any atom is 0.341 e. The number of methoxy groups -OCH3 is 2. The standard InChI is InChI=1S/C19H29N3O3.HI/c1-6-8-9-12-22(3)19(20-7-2)21-14-15-10-11-16(18(23)25-5)17(13-15)24-4;/h6,10-11,13H,1,7-9,12,14H2,2-5H3,(H,20,21);1H. The minimum absolute atomic E-state index is 0. The number of carbonyl (C=O) groups is 1. The van der Waals surface area contributed by atoms with E-state index in [2.05, 4.69) is 21.8 Å². The molecule has 7 heteroatoms. The molecule has 0 atom stereocenters. The highest BCUT2D eigenvalue weighted by Crippen LogP contribution is 2.21. The molecule has 1 aromatic carbocycles. The van der Waals surface area contributed by atoms with Crippen LogP contribution < -0.4 is 10.1 Å². The number of halogens is 1. The van der Waals surface area contributed by atoms with E-state index in [4.69, 9.17) is 9.47 Å². The van der Waals surface area contributed by atoms with Crippen LogP contribution in [0.3, 0.4) is 0 Å². The number of guanidine groups is 1. The first-order chi connectivity index (χ1) is 12.1. The average molecular weight is 475 g/mol. The van der Waals surface area contributed by atoms with Gasteiger partial charge in [-0.3, -0.25) is 0 Å². The van der Waals surface area contributed by atoms with Crippen molar-refractivity contribution in [1.82, 2.24) is 10.2 Å². The highest BCUT2D eigenvalue weighted by molar-refractivity contribution is 14.0. The summed E-state index contributed by atoms with van der Waals surface area (Å²) < 4.78 is 10.0. The van der Waals surface area contributed by atoms with E-state index < -0.39 is 5.97 Å². The highest BCUT2D eigenvalue weighted by Gasteiger charge is 2.13. The Morgan fingerprint density at radius 2 is 2.12 bits per heavy atom. The largest absolute Gasteiger partial charge is 0.496 e. The van der Waals surface area contributed by atoms with Crippen molar-refractivity contribution < 1.29 is 14.3 Å². The Bertz CT molecular complexity index is 606. The number of hydrogen-bond acceptors (Lipinski definition) is 4. The summed E-state index contributed by atoms with van der Waals surface area (Å²) in [6, 6.07) is 5.38. The zero-order chi connectivity index (χ0) is 18.7. The van der Waals surface area contributed by atoms with Gasteiger partial charge in [-0.25, -0.2) is 9.79 Å². The SMILES string of the molecule is C=CCCCN(C)C(=NCc1ccc(C(=O)OC)c(OC)c1)NCC.I. The summed E-state index contributed by atoms with van der Waals surface area (Å²) in [5, 5.41) is 3.29. The van der Waals surface area contributed by atoms with E-state index in [9.17, 15) is 4.79 Å². The minimum Gasteiger partial charge on any atom is -0.496 e. The zero-order valence-corrected chi connectivity index (χ0v) is 18.4. The van der Waals surface area contributed by atoms with Crippen LogP contribution in [0.1, 0.15) is 35.7 Å². The molecular weight excluding hydrogens is 445 g/mol. The Hall–Kier alpha value is -1.77. The predicted molar refractivity (Wildman–Crippen MR) is 117 cm³/mol. The number of unbranched alkanes of at least 4 members (excludes halogenated alkanes) is 1. The summed E-state index contributed by atoms with van der Waals surface area (Å²) in [5.74, 6) is 0.925. The van der Waals surface area contributed by atoms with Gasteiger partial charge in [0.1, 0.15) is 11.3 Å². The number of allylic oxidation sites excluding steroid dienone is 1. The summed E-state index contributed by atoms with van der Waals surface area (Å²) >= 11 is 0. The van der Waals surface area contributed by atoms with Crippen LogP contribution in [0.2, 0.25) is 0 Å². The highest BCUT2D eigenvalue weighted by atomic mass is 127. The van der Waals surface area contributed by atoms with Crippen LogP contribution in [0.5, 0.6) is 5.75 Å². The lowest BCUT2D eigenvalue weighted by Crippen LogP contribution is -2.39. The number of carbonyl (C=O) groups excluding carboxylic acids is 1. The van der Waals surface area contributed by atoms with Crippen molar-refractivity contribution in [3.8, 4) is 5.75 Å². The summed E-state index contributed by atoms with van der Waals surface area (Å²) in [6.07, 6.45) is 3.94. The van der Waals surface area contributed by atoms with Gasteiger partial charge in [0.2, 0.25) is 0 Å². The van der Waals surface area contributed by atoms with Crippen LogP contribution in [-0.4, -0.2) is 51.2 Å². The molecule has 1 aromatic rings. The fraction of sp³-hybridized carbons (Fsp3) is 0.474. The number of esters is 1.